The van der Waals surface area contributed by atoms with E-state index in [0.29, 0.717) is 11.5 Å². The van der Waals surface area contributed by atoms with E-state index in [1.165, 1.54) is 0 Å². The van der Waals surface area contributed by atoms with Crippen molar-refractivity contribution in [3.63, 3.8) is 0 Å². The molecule has 2 aromatic carbocycles. The van der Waals surface area contributed by atoms with Crippen molar-refractivity contribution in [1.82, 2.24) is 15.0 Å². The molecule has 0 aliphatic heterocycles. The Labute approximate surface area is 134 Å². The predicted molar refractivity (Wildman–Crippen MR) is 89.2 cm³/mol. The van der Waals surface area contributed by atoms with Gasteiger partial charge in [-0.15, -0.1) is 10.2 Å². The van der Waals surface area contributed by atoms with E-state index < -0.39 is 0 Å². The minimum atomic E-state index is 0.0576. The van der Waals surface area contributed by atoms with Crippen LogP contribution in [-0.2, 0) is 0 Å². The molecule has 2 N–H and O–H groups in total. The van der Waals surface area contributed by atoms with E-state index >= 15 is 0 Å². The third-order valence-electron chi connectivity index (χ3n) is 3.88. The highest BCUT2D eigenvalue weighted by Crippen LogP contribution is 2.30. The molecule has 0 aliphatic carbocycles. The van der Waals surface area contributed by atoms with Crippen molar-refractivity contribution < 1.29 is 9.47 Å². The molecule has 120 valence electrons. The van der Waals surface area contributed by atoms with Gasteiger partial charge < -0.3 is 15.2 Å². The Kier molecular flexibility index (Phi) is 4.16. The van der Waals surface area contributed by atoms with Crippen molar-refractivity contribution in [2.45, 2.75) is 19.4 Å². The van der Waals surface area contributed by atoms with Crippen LogP contribution in [0.2, 0.25) is 0 Å². The molecule has 6 nitrogen and oxygen atoms in total. The fourth-order valence-electron chi connectivity index (χ4n) is 2.45. The number of nitrogens with zero attached hydrogens (tertiary/aromatic N) is 3. The van der Waals surface area contributed by atoms with Gasteiger partial charge in [0.15, 0.2) is 11.5 Å². The number of aromatic nitrogens is 3. The number of rotatable bonds is 5. The Hall–Kier alpha value is -2.60. The Morgan fingerprint density at radius 3 is 1.96 bits per heavy atom. The molecule has 0 saturated heterocycles. The molecule has 0 amide bonds. The zero-order chi connectivity index (χ0) is 16.4. The Bertz CT molecular complexity index is 770. The average molecular weight is 312 g/mol. The van der Waals surface area contributed by atoms with Gasteiger partial charge in [-0.2, -0.15) is 4.80 Å². The molecule has 1 atom stereocenters. The predicted octanol–water partition coefficient (Wildman–Crippen LogP) is 2.85. The fraction of sp³-hybridized carbons (Fsp3) is 0.294. The summed E-state index contributed by atoms with van der Waals surface area (Å²) < 4.78 is 10.6. The molecule has 0 spiro atoms. The second-order valence-electron chi connectivity index (χ2n) is 5.29. The summed E-state index contributed by atoms with van der Waals surface area (Å²) in [6.45, 7) is 2.07. The second kappa shape index (κ2) is 6.26. The molecular weight excluding hydrogens is 292 g/mol. The fourth-order valence-corrected chi connectivity index (χ4v) is 2.45. The van der Waals surface area contributed by atoms with Gasteiger partial charge in [0.05, 0.1) is 19.9 Å². The minimum Gasteiger partial charge on any atom is -0.493 e. The summed E-state index contributed by atoms with van der Waals surface area (Å²) in [6, 6.07) is 11.7. The van der Waals surface area contributed by atoms with Gasteiger partial charge in [-0.3, -0.25) is 0 Å². The highest BCUT2D eigenvalue weighted by atomic mass is 16.5. The summed E-state index contributed by atoms with van der Waals surface area (Å²) in [6.07, 6.45) is 0.906. The van der Waals surface area contributed by atoms with Gasteiger partial charge in [0.2, 0.25) is 0 Å². The lowest BCUT2D eigenvalue weighted by Gasteiger charge is -2.09. The second-order valence-corrected chi connectivity index (χ2v) is 5.29. The van der Waals surface area contributed by atoms with Crippen LogP contribution in [0.5, 0.6) is 11.5 Å². The van der Waals surface area contributed by atoms with Crippen LogP contribution in [0, 0.1) is 0 Å². The first kappa shape index (κ1) is 15.3. The number of hydrogen-bond acceptors (Lipinski definition) is 5. The van der Waals surface area contributed by atoms with E-state index in [2.05, 4.69) is 17.1 Å². The number of methoxy groups -OCH3 is 2. The number of fused-ring (bicyclic) bond motifs is 1. The zero-order valence-electron chi connectivity index (χ0n) is 13.5. The lowest BCUT2D eigenvalue weighted by atomic mass is 10.1. The summed E-state index contributed by atoms with van der Waals surface area (Å²) in [5.41, 5.74) is 9.53. The Morgan fingerprint density at radius 1 is 1.00 bits per heavy atom. The maximum atomic E-state index is 6.04. The zero-order valence-corrected chi connectivity index (χ0v) is 13.5. The van der Waals surface area contributed by atoms with Crippen LogP contribution < -0.4 is 15.2 Å². The lowest BCUT2D eigenvalue weighted by Crippen LogP contribution is -2.08. The van der Waals surface area contributed by atoms with E-state index in [9.17, 15) is 0 Å². The van der Waals surface area contributed by atoms with E-state index in [-0.39, 0.29) is 6.04 Å². The van der Waals surface area contributed by atoms with Gasteiger partial charge in [0, 0.05) is 18.2 Å². The van der Waals surface area contributed by atoms with Crippen molar-refractivity contribution in [3.8, 4) is 17.2 Å². The number of nitrogens with two attached hydrogens (primary N) is 1. The molecule has 0 radical (unpaired) electrons. The number of benzene rings is 2. The molecule has 0 saturated carbocycles. The molecule has 6 heteroatoms. The summed E-state index contributed by atoms with van der Waals surface area (Å²) in [4.78, 5) is 1.60. The maximum Gasteiger partial charge on any atom is 0.163 e. The first-order valence-electron chi connectivity index (χ1n) is 7.51. The maximum absolute atomic E-state index is 6.04. The molecule has 0 bridgehead atoms. The molecule has 0 unspecified atom stereocenters. The third kappa shape index (κ3) is 2.85. The van der Waals surface area contributed by atoms with Crippen LogP contribution in [-0.4, -0.2) is 29.2 Å². The van der Waals surface area contributed by atoms with E-state index in [0.717, 1.165) is 28.7 Å². The van der Waals surface area contributed by atoms with Crippen molar-refractivity contribution in [3.05, 3.63) is 42.0 Å². The molecule has 23 heavy (non-hydrogen) atoms. The van der Waals surface area contributed by atoms with Crippen molar-refractivity contribution >= 4 is 11.0 Å². The summed E-state index contributed by atoms with van der Waals surface area (Å²) in [7, 11) is 3.20. The minimum absolute atomic E-state index is 0.0576. The Balaban J connectivity index is 2.00. The molecule has 3 rings (SSSR count). The van der Waals surface area contributed by atoms with Crippen molar-refractivity contribution in [1.29, 1.82) is 0 Å². The summed E-state index contributed by atoms with van der Waals surface area (Å²) >= 11 is 0. The third-order valence-corrected chi connectivity index (χ3v) is 3.88. The largest absolute Gasteiger partial charge is 0.493 e. The van der Waals surface area contributed by atoms with Gasteiger partial charge in [-0.25, -0.2) is 0 Å². The first-order chi connectivity index (χ1) is 11.2. The van der Waals surface area contributed by atoms with Crippen LogP contribution in [0.25, 0.3) is 16.7 Å². The molecule has 0 fully saturated rings. The van der Waals surface area contributed by atoms with Crippen LogP contribution >= 0.6 is 0 Å². The highest BCUT2D eigenvalue weighted by molar-refractivity contribution is 5.78. The number of hydrogen-bond donors (Lipinski definition) is 1. The van der Waals surface area contributed by atoms with Crippen molar-refractivity contribution in [2.24, 2.45) is 5.73 Å². The van der Waals surface area contributed by atoms with Gasteiger partial charge in [0.1, 0.15) is 11.0 Å². The molecule has 0 aliphatic rings. The topological polar surface area (TPSA) is 75.2 Å². The van der Waals surface area contributed by atoms with Gasteiger partial charge in [-0.1, -0.05) is 19.1 Å². The lowest BCUT2D eigenvalue weighted by molar-refractivity contribution is 0.356. The normalized spacial score (nSPS) is 12.3. The van der Waals surface area contributed by atoms with Gasteiger partial charge >= 0.3 is 0 Å². The van der Waals surface area contributed by atoms with Crippen LogP contribution in [0.15, 0.2) is 36.4 Å². The quantitative estimate of drug-likeness (QED) is 0.784. The average Bonchev–Trinajstić information content (AvgIpc) is 3.02. The Morgan fingerprint density at radius 2 is 1.52 bits per heavy atom. The van der Waals surface area contributed by atoms with Gasteiger partial charge in [0.25, 0.3) is 0 Å². The SMILES string of the molecule is CC[C@H](N)c1ccc(-n2nc3cc(OC)c(OC)cc3n2)cc1. The highest BCUT2D eigenvalue weighted by Gasteiger charge is 2.11. The molecule has 1 heterocycles. The smallest absolute Gasteiger partial charge is 0.163 e. The first-order valence-corrected chi connectivity index (χ1v) is 7.51. The van der Waals surface area contributed by atoms with Crippen LogP contribution in [0.1, 0.15) is 24.9 Å². The standard InChI is InChI=1S/C17H20N4O2/c1-4-13(18)11-5-7-12(8-6-11)21-19-14-9-16(22-2)17(23-3)10-15(14)20-21/h5-10,13H,4,18H2,1-3H3/t13-/m0/s1. The van der Waals surface area contributed by atoms with Gasteiger partial charge in [-0.05, 0) is 24.1 Å². The van der Waals surface area contributed by atoms with Crippen LogP contribution in [0.3, 0.4) is 0 Å². The summed E-state index contributed by atoms with van der Waals surface area (Å²) in [5.74, 6) is 1.27. The molecule has 3 aromatic rings. The van der Waals surface area contributed by atoms with E-state index in [4.69, 9.17) is 15.2 Å². The monoisotopic (exact) mass is 312 g/mol. The van der Waals surface area contributed by atoms with Crippen molar-refractivity contribution in [2.75, 3.05) is 14.2 Å². The number of ether oxygens (including phenoxy) is 2. The summed E-state index contributed by atoms with van der Waals surface area (Å²) in [5, 5.41) is 9.00. The van der Waals surface area contributed by atoms with Crippen LogP contribution in [0.4, 0.5) is 0 Å². The van der Waals surface area contributed by atoms with E-state index in [1.54, 1.807) is 19.0 Å². The van der Waals surface area contributed by atoms with E-state index in [1.807, 2.05) is 36.4 Å². The molecular formula is C17H20N4O2. The molecule has 1 aromatic heterocycles.